The maximum absolute atomic E-state index is 12.0. The van der Waals surface area contributed by atoms with Gasteiger partial charge in [0.05, 0.1) is 12.3 Å². The van der Waals surface area contributed by atoms with Gasteiger partial charge in [0, 0.05) is 6.61 Å². The molecule has 0 amide bonds. The molecule has 0 aliphatic carbocycles. The van der Waals surface area contributed by atoms with Crippen LogP contribution in [0.1, 0.15) is 62.7 Å². The molecule has 0 bridgehead atoms. The monoisotopic (exact) mass is 281 g/mol. The van der Waals surface area contributed by atoms with E-state index in [4.69, 9.17) is 13.9 Å². The van der Waals surface area contributed by atoms with Gasteiger partial charge in [0.15, 0.2) is 0 Å². The number of hydrogen-bond donors (Lipinski definition) is 0. The van der Waals surface area contributed by atoms with E-state index >= 15 is 0 Å². The lowest BCUT2D eigenvalue weighted by Gasteiger charge is -2.18. The lowest BCUT2D eigenvalue weighted by Crippen LogP contribution is -2.20. The van der Waals surface area contributed by atoms with Gasteiger partial charge in [-0.05, 0) is 39.0 Å². The smallest absolute Gasteiger partial charge is 0.376 e. The lowest BCUT2D eigenvalue weighted by atomic mass is 10.0. The Balaban J connectivity index is 2.33. The Morgan fingerprint density at radius 2 is 2.25 bits per heavy atom. The van der Waals surface area contributed by atoms with E-state index in [-0.39, 0.29) is 5.76 Å². The molecule has 2 heterocycles. The summed E-state index contributed by atoms with van der Waals surface area (Å²) in [4.78, 5) is 16.5. The van der Waals surface area contributed by atoms with Crippen LogP contribution in [0.25, 0.3) is 0 Å². The second kappa shape index (κ2) is 5.95. The average molecular weight is 281 g/mol. The van der Waals surface area contributed by atoms with Crippen LogP contribution >= 0.6 is 0 Å². The average Bonchev–Trinajstić information content (AvgIpc) is 2.96. The van der Waals surface area contributed by atoms with E-state index < -0.39 is 11.6 Å². The van der Waals surface area contributed by atoms with E-state index in [0.717, 1.165) is 12.8 Å². The standard InChI is InChI=1S/C15H23NO4/c1-5-18-13(17)12-11(9-10(2)3)16-14(20-12)15(4)7-6-8-19-15/h10H,5-9H2,1-4H3. The van der Waals surface area contributed by atoms with Crippen molar-refractivity contribution < 1.29 is 18.7 Å². The lowest BCUT2D eigenvalue weighted by molar-refractivity contribution is -0.00668. The fraction of sp³-hybridized carbons (Fsp3) is 0.733. The SMILES string of the molecule is CCOC(=O)c1oc(C2(C)CCCO2)nc1CC(C)C. The maximum atomic E-state index is 12.0. The first kappa shape index (κ1) is 15.0. The first-order chi connectivity index (χ1) is 9.46. The fourth-order valence-electron chi connectivity index (χ4n) is 2.41. The number of hydrogen-bond acceptors (Lipinski definition) is 5. The minimum atomic E-state index is -0.517. The first-order valence-corrected chi connectivity index (χ1v) is 7.27. The Morgan fingerprint density at radius 3 is 2.80 bits per heavy atom. The molecule has 5 nitrogen and oxygen atoms in total. The zero-order valence-corrected chi connectivity index (χ0v) is 12.7. The van der Waals surface area contributed by atoms with Gasteiger partial charge in [0.1, 0.15) is 5.60 Å². The Labute approximate surface area is 119 Å². The van der Waals surface area contributed by atoms with Crippen molar-refractivity contribution in [3.63, 3.8) is 0 Å². The highest BCUT2D eigenvalue weighted by molar-refractivity contribution is 5.87. The third kappa shape index (κ3) is 3.03. The fourth-order valence-corrected chi connectivity index (χ4v) is 2.41. The summed E-state index contributed by atoms with van der Waals surface area (Å²) in [6, 6.07) is 0. The van der Waals surface area contributed by atoms with Crippen LogP contribution in [0.15, 0.2) is 4.42 Å². The molecule has 112 valence electrons. The van der Waals surface area contributed by atoms with Gasteiger partial charge < -0.3 is 13.9 Å². The zero-order valence-electron chi connectivity index (χ0n) is 12.7. The summed E-state index contributed by atoms with van der Waals surface area (Å²) in [6.45, 7) is 8.92. The van der Waals surface area contributed by atoms with E-state index in [1.165, 1.54) is 0 Å². The number of carbonyl (C=O) groups is 1. The van der Waals surface area contributed by atoms with Crippen molar-refractivity contribution in [3.8, 4) is 0 Å². The van der Waals surface area contributed by atoms with Crippen molar-refractivity contribution in [2.24, 2.45) is 5.92 Å². The van der Waals surface area contributed by atoms with Gasteiger partial charge >= 0.3 is 5.97 Å². The molecule has 2 rings (SSSR count). The summed E-state index contributed by atoms with van der Waals surface area (Å²) in [5.74, 6) is 0.669. The quantitative estimate of drug-likeness (QED) is 0.776. The van der Waals surface area contributed by atoms with Crippen molar-refractivity contribution in [3.05, 3.63) is 17.3 Å². The topological polar surface area (TPSA) is 61.6 Å². The predicted molar refractivity (Wildman–Crippen MR) is 73.5 cm³/mol. The summed E-state index contributed by atoms with van der Waals surface area (Å²) >= 11 is 0. The largest absolute Gasteiger partial charge is 0.460 e. The molecule has 1 aliphatic rings. The molecule has 1 aromatic rings. The van der Waals surface area contributed by atoms with Crippen LogP contribution in [0.5, 0.6) is 0 Å². The third-order valence-electron chi connectivity index (χ3n) is 3.43. The number of esters is 1. The Kier molecular flexibility index (Phi) is 4.48. The van der Waals surface area contributed by atoms with Gasteiger partial charge in [-0.2, -0.15) is 0 Å². The van der Waals surface area contributed by atoms with E-state index in [0.29, 0.717) is 37.1 Å². The molecule has 0 saturated carbocycles. The Bertz CT molecular complexity index is 472. The van der Waals surface area contributed by atoms with Gasteiger partial charge in [0.2, 0.25) is 11.7 Å². The number of oxazole rings is 1. The molecule has 1 atom stereocenters. The highest BCUT2D eigenvalue weighted by Gasteiger charge is 2.38. The van der Waals surface area contributed by atoms with Gasteiger partial charge in [0.25, 0.3) is 0 Å². The van der Waals surface area contributed by atoms with Crippen molar-refractivity contribution >= 4 is 5.97 Å². The summed E-state index contributed by atoms with van der Waals surface area (Å²) in [5.41, 5.74) is 0.154. The van der Waals surface area contributed by atoms with Crippen molar-refractivity contribution in [2.45, 2.75) is 52.6 Å². The van der Waals surface area contributed by atoms with Gasteiger partial charge in [-0.3, -0.25) is 0 Å². The van der Waals surface area contributed by atoms with Crippen LogP contribution in [-0.2, 0) is 21.5 Å². The number of aromatic nitrogens is 1. The number of nitrogens with zero attached hydrogens (tertiary/aromatic N) is 1. The normalized spacial score (nSPS) is 22.4. The summed E-state index contributed by atoms with van der Waals surface area (Å²) in [6.07, 6.45) is 2.53. The zero-order chi connectivity index (χ0) is 14.8. The third-order valence-corrected chi connectivity index (χ3v) is 3.43. The number of rotatable bonds is 5. The van der Waals surface area contributed by atoms with Crippen LogP contribution in [0.2, 0.25) is 0 Å². The molecule has 0 aromatic carbocycles. The molecular weight excluding hydrogens is 258 g/mol. The molecule has 0 radical (unpaired) electrons. The van der Waals surface area contributed by atoms with Crippen LogP contribution in [0.3, 0.4) is 0 Å². The van der Waals surface area contributed by atoms with E-state index in [1.807, 2.05) is 6.92 Å². The van der Waals surface area contributed by atoms with Gasteiger partial charge in [-0.15, -0.1) is 0 Å². The Morgan fingerprint density at radius 1 is 1.50 bits per heavy atom. The molecular formula is C15H23NO4. The molecule has 20 heavy (non-hydrogen) atoms. The van der Waals surface area contributed by atoms with E-state index in [1.54, 1.807) is 6.92 Å². The van der Waals surface area contributed by atoms with E-state index in [2.05, 4.69) is 18.8 Å². The number of ether oxygens (including phenoxy) is 2. The molecule has 0 N–H and O–H groups in total. The highest BCUT2D eigenvalue weighted by Crippen LogP contribution is 2.36. The second-order valence-electron chi connectivity index (χ2n) is 5.80. The van der Waals surface area contributed by atoms with Crippen LogP contribution in [-0.4, -0.2) is 24.2 Å². The molecule has 1 aliphatic heterocycles. The molecule has 1 aromatic heterocycles. The molecule has 1 unspecified atom stereocenters. The maximum Gasteiger partial charge on any atom is 0.376 e. The van der Waals surface area contributed by atoms with Gasteiger partial charge in [-0.25, -0.2) is 9.78 Å². The minimum Gasteiger partial charge on any atom is -0.460 e. The van der Waals surface area contributed by atoms with Crippen LogP contribution < -0.4 is 0 Å². The highest BCUT2D eigenvalue weighted by atomic mass is 16.6. The molecule has 1 fully saturated rings. The molecule has 0 spiro atoms. The summed E-state index contributed by atoms with van der Waals surface area (Å²) in [5, 5.41) is 0. The van der Waals surface area contributed by atoms with Gasteiger partial charge in [-0.1, -0.05) is 13.8 Å². The van der Waals surface area contributed by atoms with E-state index in [9.17, 15) is 4.79 Å². The van der Waals surface area contributed by atoms with Crippen LogP contribution in [0.4, 0.5) is 0 Å². The first-order valence-electron chi connectivity index (χ1n) is 7.27. The predicted octanol–water partition coefficient (Wildman–Crippen LogP) is 3.08. The van der Waals surface area contributed by atoms with Crippen molar-refractivity contribution in [1.82, 2.24) is 4.98 Å². The second-order valence-corrected chi connectivity index (χ2v) is 5.80. The van der Waals surface area contributed by atoms with Crippen LogP contribution in [0, 0.1) is 5.92 Å². The Hall–Kier alpha value is -1.36. The van der Waals surface area contributed by atoms with Crippen molar-refractivity contribution in [1.29, 1.82) is 0 Å². The minimum absolute atomic E-state index is 0.229. The molecule has 5 heteroatoms. The molecule has 1 saturated heterocycles. The number of carbonyl (C=O) groups excluding carboxylic acids is 1. The summed E-state index contributed by atoms with van der Waals surface area (Å²) in [7, 11) is 0. The summed E-state index contributed by atoms with van der Waals surface area (Å²) < 4.78 is 16.5. The van der Waals surface area contributed by atoms with Crippen molar-refractivity contribution in [2.75, 3.05) is 13.2 Å².